The summed E-state index contributed by atoms with van der Waals surface area (Å²) in [6.07, 6.45) is 18.6. The molecule has 0 aromatic carbocycles. The minimum atomic E-state index is -0.168. The first-order chi connectivity index (χ1) is 9.27. The number of allylic oxidation sites excluding steroid dienone is 2. The second kappa shape index (κ2) is 15.3. The summed E-state index contributed by atoms with van der Waals surface area (Å²) in [5.41, 5.74) is 0. The second-order valence-electron chi connectivity index (χ2n) is 5.22. The third-order valence-electron chi connectivity index (χ3n) is 3.21. The Morgan fingerprint density at radius 2 is 1.37 bits per heavy atom. The highest BCUT2D eigenvalue weighted by atomic mass is 16.5. The van der Waals surface area contributed by atoms with Crippen LogP contribution in [0.4, 0.5) is 0 Å². The summed E-state index contributed by atoms with van der Waals surface area (Å²) >= 11 is 0. The van der Waals surface area contributed by atoms with Crippen LogP contribution in [0.25, 0.3) is 0 Å². The Morgan fingerprint density at radius 1 is 0.842 bits per heavy atom. The van der Waals surface area contributed by atoms with Crippen LogP contribution in [-0.2, 0) is 9.53 Å². The molecule has 0 saturated carbocycles. The van der Waals surface area contributed by atoms with Crippen LogP contribution in [-0.4, -0.2) is 12.6 Å². The topological polar surface area (TPSA) is 26.3 Å². The van der Waals surface area contributed by atoms with Crippen molar-refractivity contribution in [2.24, 2.45) is 0 Å². The number of esters is 1. The van der Waals surface area contributed by atoms with Gasteiger partial charge in [-0.15, -0.1) is 0 Å². The van der Waals surface area contributed by atoms with E-state index in [1.807, 2.05) is 0 Å². The predicted molar refractivity (Wildman–Crippen MR) is 82.2 cm³/mol. The molecule has 0 fully saturated rings. The van der Waals surface area contributed by atoms with Crippen molar-refractivity contribution in [3.8, 4) is 0 Å². The van der Waals surface area contributed by atoms with Gasteiger partial charge in [-0.1, -0.05) is 51.2 Å². The molecular formula is C17H32O2. The van der Waals surface area contributed by atoms with Crippen molar-refractivity contribution in [1.29, 1.82) is 0 Å². The molecule has 112 valence electrons. The first-order valence-corrected chi connectivity index (χ1v) is 8.05. The van der Waals surface area contributed by atoms with Crippen molar-refractivity contribution in [1.82, 2.24) is 0 Å². The van der Waals surface area contributed by atoms with E-state index < -0.39 is 0 Å². The fraction of sp³-hybridized carbons (Fsp3) is 0.824. The zero-order chi connectivity index (χ0) is 14.2. The van der Waals surface area contributed by atoms with Crippen LogP contribution < -0.4 is 0 Å². The van der Waals surface area contributed by atoms with Crippen molar-refractivity contribution in [3.05, 3.63) is 12.2 Å². The quantitative estimate of drug-likeness (QED) is 0.253. The molecule has 0 amide bonds. The van der Waals surface area contributed by atoms with Gasteiger partial charge in [0.15, 0.2) is 0 Å². The summed E-state index contributed by atoms with van der Waals surface area (Å²) in [5, 5.41) is 0. The summed E-state index contributed by atoms with van der Waals surface area (Å²) in [6.45, 7) is 4.30. The summed E-state index contributed by atoms with van der Waals surface area (Å²) in [7, 11) is 0. The van der Waals surface area contributed by atoms with Gasteiger partial charge in [-0.25, -0.2) is 0 Å². The molecule has 0 bridgehead atoms. The maximum absolute atomic E-state index is 10.5. The SMILES string of the molecule is CCCCCCCCC=CCCCCCOC(C)=O. The average molecular weight is 268 g/mol. The highest BCUT2D eigenvalue weighted by Crippen LogP contribution is 2.08. The lowest BCUT2D eigenvalue weighted by Gasteiger charge is -2.00. The molecule has 0 N–H and O–H groups in total. The van der Waals surface area contributed by atoms with Crippen molar-refractivity contribution in [2.45, 2.75) is 84.5 Å². The van der Waals surface area contributed by atoms with Crippen LogP contribution in [0.3, 0.4) is 0 Å². The maximum Gasteiger partial charge on any atom is 0.302 e. The first kappa shape index (κ1) is 18.2. The van der Waals surface area contributed by atoms with E-state index in [4.69, 9.17) is 4.74 Å². The molecule has 0 aliphatic rings. The van der Waals surface area contributed by atoms with E-state index in [-0.39, 0.29) is 5.97 Å². The van der Waals surface area contributed by atoms with Gasteiger partial charge in [0, 0.05) is 6.92 Å². The van der Waals surface area contributed by atoms with Gasteiger partial charge in [-0.05, 0) is 38.5 Å². The smallest absolute Gasteiger partial charge is 0.302 e. The predicted octanol–water partition coefficient (Wildman–Crippen LogP) is 5.42. The Balaban J connectivity index is 3.07. The molecular weight excluding hydrogens is 236 g/mol. The van der Waals surface area contributed by atoms with Gasteiger partial charge in [0.1, 0.15) is 0 Å². The Labute approximate surface area is 119 Å². The van der Waals surface area contributed by atoms with E-state index in [0.29, 0.717) is 6.61 Å². The summed E-state index contributed by atoms with van der Waals surface area (Å²) < 4.78 is 4.88. The third-order valence-corrected chi connectivity index (χ3v) is 3.21. The van der Waals surface area contributed by atoms with Gasteiger partial charge < -0.3 is 4.74 Å². The molecule has 0 spiro atoms. The summed E-state index contributed by atoms with van der Waals surface area (Å²) in [5.74, 6) is -0.168. The van der Waals surface area contributed by atoms with Gasteiger partial charge in [-0.3, -0.25) is 4.79 Å². The van der Waals surface area contributed by atoms with Gasteiger partial charge >= 0.3 is 5.97 Å². The Bertz CT molecular complexity index is 221. The Morgan fingerprint density at radius 3 is 1.95 bits per heavy atom. The van der Waals surface area contributed by atoms with Crippen LogP contribution in [0, 0.1) is 0 Å². The van der Waals surface area contributed by atoms with E-state index in [1.165, 1.54) is 58.3 Å². The van der Waals surface area contributed by atoms with Crippen molar-refractivity contribution < 1.29 is 9.53 Å². The molecule has 2 nitrogen and oxygen atoms in total. The second-order valence-corrected chi connectivity index (χ2v) is 5.22. The Kier molecular flexibility index (Phi) is 14.6. The molecule has 0 radical (unpaired) electrons. The van der Waals surface area contributed by atoms with Crippen molar-refractivity contribution >= 4 is 5.97 Å². The first-order valence-electron chi connectivity index (χ1n) is 8.05. The zero-order valence-electron chi connectivity index (χ0n) is 13.0. The lowest BCUT2D eigenvalue weighted by molar-refractivity contribution is -0.141. The fourth-order valence-electron chi connectivity index (χ4n) is 2.04. The molecule has 0 atom stereocenters. The maximum atomic E-state index is 10.5. The largest absolute Gasteiger partial charge is 0.466 e. The molecule has 0 saturated heterocycles. The number of carbonyl (C=O) groups excluding carboxylic acids is 1. The van der Waals surface area contributed by atoms with E-state index in [1.54, 1.807) is 0 Å². The van der Waals surface area contributed by atoms with Crippen LogP contribution in [0.15, 0.2) is 12.2 Å². The number of hydrogen-bond donors (Lipinski definition) is 0. The van der Waals surface area contributed by atoms with E-state index >= 15 is 0 Å². The average Bonchev–Trinajstić information content (AvgIpc) is 2.39. The number of rotatable bonds is 13. The van der Waals surface area contributed by atoms with E-state index in [0.717, 1.165) is 19.3 Å². The van der Waals surface area contributed by atoms with Crippen LogP contribution >= 0.6 is 0 Å². The molecule has 0 heterocycles. The van der Waals surface area contributed by atoms with E-state index in [9.17, 15) is 4.79 Å². The molecule has 0 rings (SSSR count). The summed E-state index contributed by atoms with van der Waals surface area (Å²) in [4.78, 5) is 10.5. The highest BCUT2D eigenvalue weighted by Gasteiger charge is 1.92. The van der Waals surface area contributed by atoms with Crippen molar-refractivity contribution in [2.75, 3.05) is 6.61 Å². The highest BCUT2D eigenvalue weighted by molar-refractivity contribution is 5.65. The van der Waals surface area contributed by atoms with Gasteiger partial charge in [-0.2, -0.15) is 0 Å². The molecule has 0 aliphatic carbocycles. The van der Waals surface area contributed by atoms with Crippen LogP contribution in [0.1, 0.15) is 84.5 Å². The number of ether oxygens (including phenoxy) is 1. The lowest BCUT2D eigenvalue weighted by atomic mass is 10.1. The normalized spacial score (nSPS) is 11.1. The number of carbonyl (C=O) groups is 1. The molecule has 0 aromatic heterocycles. The Hall–Kier alpha value is -0.790. The third kappa shape index (κ3) is 17.2. The molecule has 0 unspecified atom stereocenters. The molecule has 0 aromatic rings. The number of unbranched alkanes of at least 4 members (excludes halogenated alkanes) is 9. The van der Waals surface area contributed by atoms with Crippen LogP contribution in [0.5, 0.6) is 0 Å². The fourth-order valence-corrected chi connectivity index (χ4v) is 2.04. The van der Waals surface area contributed by atoms with Gasteiger partial charge in [0.2, 0.25) is 0 Å². The van der Waals surface area contributed by atoms with Gasteiger partial charge in [0.25, 0.3) is 0 Å². The monoisotopic (exact) mass is 268 g/mol. The van der Waals surface area contributed by atoms with Crippen LogP contribution in [0.2, 0.25) is 0 Å². The standard InChI is InChI=1S/C17H32O2/c1-3-4-5-6-7-8-9-10-11-12-13-14-15-16-19-17(2)18/h10-11H,3-9,12-16H2,1-2H3. The van der Waals surface area contributed by atoms with E-state index in [2.05, 4.69) is 19.1 Å². The number of hydrogen-bond acceptors (Lipinski definition) is 2. The minimum absolute atomic E-state index is 0.168. The zero-order valence-corrected chi connectivity index (χ0v) is 13.0. The van der Waals surface area contributed by atoms with Crippen molar-refractivity contribution in [3.63, 3.8) is 0 Å². The molecule has 19 heavy (non-hydrogen) atoms. The van der Waals surface area contributed by atoms with Gasteiger partial charge in [0.05, 0.1) is 6.61 Å². The lowest BCUT2D eigenvalue weighted by Crippen LogP contribution is -1.99. The molecule has 2 heteroatoms. The summed E-state index contributed by atoms with van der Waals surface area (Å²) in [6, 6.07) is 0. The molecule has 0 aliphatic heterocycles. The minimum Gasteiger partial charge on any atom is -0.466 e.